The maximum atomic E-state index is 6.08. The zero-order valence-electron chi connectivity index (χ0n) is 17.0. The van der Waals surface area contributed by atoms with Gasteiger partial charge >= 0.3 is 0 Å². The summed E-state index contributed by atoms with van der Waals surface area (Å²) in [6.07, 6.45) is 2.64. The molecule has 0 spiro atoms. The van der Waals surface area contributed by atoms with Crippen LogP contribution in [0.4, 0.5) is 0 Å². The molecule has 2 aliphatic heterocycles. The molecule has 1 N–H and O–H groups in total. The van der Waals surface area contributed by atoms with Crippen LogP contribution in [-0.2, 0) is 4.74 Å². The number of benzene rings is 1. The fraction of sp³-hybridized carbons (Fsp3) is 0.667. The van der Waals surface area contributed by atoms with E-state index in [1.165, 1.54) is 37.1 Å². The maximum Gasteiger partial charge on any atom is 0.194 e. The predicted molar refractivity (Wildman–Crippen MR) is 123 cm³/mol. The third kappa shape index (κ3) is 6.32. The summed E-state index contributed by atoms with van der Waals surface area (Å²) in [4.78, 5) is 9.78. The molecule has 1 unspecified atom stereocenters. The van der Waals surface area contributed by atoms with Crippen molar-refractivity contribution < 1.29 is 4.74 Å². The van der Waals surface area contributed by atoms with E-state index in [4.69, 9.17) is 9.73 Å². The molecule has 2 aliphatic rings. The van der Waals surface area contributed by atoms with Crippen molar-refractivity contribution in [3.8, 4) is 0 Å². The van der Waals surface area contributed by atoms with Crippen molar-refractivity contribution >= 4 is 29.9 Å². The Labute approximate surface area is 181 Å². The number of halogens is 1. The summed E-state index contributed by atoms with van der Waals surface area (Å²) in [5.41, 5.74) is 2.59. The van der Waals surface area contributed by atoms with Gasteiger partial charge in [-0.2, -0.15) is 0 Å². The number of nitrogens with one attached hydrogen (secondary N) is 1. The second kappa shape index (κ2) is 11.2. The molecule has 0 bridgehead atoms. The lowest BCUT2D eigenvalue weighted by Gasteiger charge is -2.36. The van der Waals surface area contributed by atoms with E-state index in [0.717, 1.165) is 38.7 Å². The van der Waals surface area contributed by atoms with E-state index >= 15 is 0 Å². The van der Waals surface area contributed by atoms with Crippen LogP contribution in [0.25, 0.3) is 0 Å². The molecule has 1 atom stereocenters. The summed E-state index contributed by atoms with van der Waals surface area (Å²) in [5.74, 6) is 1.77. The van der Waals surface area contributed by atoms with Gasteiger partial charge < -0.3 is 19.9 Å². The van der Waals surface area contributed by atoms with E-state index in [2.05, 4.69) is 60.3 Å². The maximum absolute atomic E-state index is 6.08. The number of rotatable bonds is 4. The predicted octanol–water partition coefficient (Wildman–Crippen LogP) is 3.29. The van der Waals surface area contributed by atoms with Crippen LogP contribution in [0.2, 0.25) is 0 Å². The van der Waals surface area contributed by atoms with Gasteiger partial charge in [0, 0.05) is 19.6 Å². The lowest BCUT2D eigenvalue weighted by molar-refractivity contribution is -0.00836. The van der Waals surface area contributed by atoms with Crippen molar-refractivity contribution in [1.29, 1.82) is 0 Å². The SMILES string of the molecule is CCNC(=NCC1CCN(C)CC1)N1CCOC(c2ccccc2C)C1.I. The van der Waals surface area contributed by atoms with Gasteiger partial charge in [-0.1, -0.05) is 24.3 Å². The van der Waals surface area contributed by atoms with Crippen LogP contribution in [0.15, 0.2) is 29.3 Å². The average Bonchev–Trinajstić information content (AvgIpc) is 2.67. The van der Waals surface area contributed by atoms with Gasteiger partial charge in [-0.15, -0.1) is 24.0 Å². The molecule has 0 aromatic heterocycles. The summed E-state index contributed by atoms with van der Waals surface area (Å²) in [6, 6.07) is 8.54. The molecular weight excluding hydrogens is 451 g/mol. The Morgan fingerprint density at radius 2 is 1.96 bits per heavy atom. The fourth-order valence-electron chi connectivity index (χ4n) is 3.86. The highest BCUT2D eigenvalue weighted by atomic mass is 127. The molecule has 6 heteroatoms. The zero-order chi connectivity index (χ0) is 18.4. The number of nitrogens with zero attached hydrogens (tertiary/aromatic N) is 3. The number of aryl methyl sites for hydroxylation is 1. The molecule has 152 valence electrons. The molecule has 0 radical (unpaired) electrons. The molecule has 0 saturated carbocycles. The molecule has 0 amide bonds. The van der Waals surface area contributed by atoms with Gasteiger partial charge in [0.25, 0.3) is 0 Å². The van der Waals surface area contributed by atoms with Gasteiger partial charge in [-0.05, 0) is 63.9 Å². The second-order valence-electron chi connectivity index (χ2n) is 7.60. The van der Waals surface area contributed by atoms with Crippen molar-refractivity contribution in [3.05, 3.63) is 35.4 Å². The van der Waals surface area contributed by atoms with Crippen molar-refractivity contribution in [2.75, 3.05) is 52.9 Å². The second-order valence-corrected chi connectivity index (χ2v) is 7.60. The number of guanidine groups is 1. The number of likely N-dealkylation sites (tertiary alicyclic amines) is 1. The first-order valence-corrected chi connectivity index (χ1v) is 10.1. The number of hydrogen-bond acceptors (Lipinski definition) is 3. The van der Waals surface area contributed by atoms with E-state index in [0.29, 0.717) is 5.92 Å². The Kier molecular flexibility index (Phi) is 9.32. The highest BCUT2D eigenvalue weighted by Crippen LogP contribution is 2.25. The molecule has 3 rings (SSSR count). The van der Waals surface area contributed by atoms with E-state index in [1.807, 2.05) is 0 Å². The monoisotopic (exact) mass is 486 g/mol. The van der Waals surface area contributed by atoms with Crippen molar-refractivity contribution in [2.24, 2.45) is 10.9 Å². The topological polar surface area (TPSA) is 40.1 Å². The van der Waals surface area contributed by atoms with Gasteiger partial charge in [-0.3, -0.25) is 4.99 Å². The smallest absolute Gasteiger partial charge is 0.194 e. The molecule has 27 heavy (non-hydrogen) atoms. The molecule has 2 heterocycles. The Morgan fingerprint density at radius 1 is 1.22 bits per heavy atom. The third-order valence-corrected chi connectivity index (χ3v) is 5.57. The first-order chi connectivity index (χ1) is 12.7. The molecule has 1 aromatic rings. The normalized spacial score (nSPS) is 22.4. The molecule has 5 nitrogen and oxygen atoms in total. The minimum atomic E-state index is 0. The number of morpholine rings is 1. The van der Waals surface area contributed by atoms with Crippen LogP contribution < -0.4 is 5.32 Å². The Morgan fingerprint density at radius 3 is 2.67 bits per heavy atom. The first kappa shape index (κ1) is 22.4. The summed E-state index contributed by atoms with van der Waals surface area (Å²) >= 11 is 0. The van der Waals surface area contributed by atoms with Crippen molar-refractivity contribution in [3.63, 3.8) is 0 Å². The highest BCUT2D eigenvalue weighted by molar-refractivity contribution is 14.0. The Bertz CT molecular complexity index is 602. The standard InChI is InChI=1S/C21H34N4O.HI/c1-4-22-21(23-15-18-9-11-24(3)12-10-18)25-13-14-26-20(16-25)19-8-6-5-7-17(19)2;/h5-8,18,20H,4,9-16H2,1-3H3,(H,22,23);1H. The molecular formula is C21H35IN4O. The highest BCUT2D eigenvalue weighted by Gasteiger charge is 2.25. The quantitative estimate of drug-likeness (QED) is 0.403. The minimum absolute atomic E-state index is 0. The number of aliphatic imine (C=N–C) groups is 1. The van der Waals surface area contributed by atoms with Crippen molar-refractivity contribution in [1.82, 2.24) is 15.1 Å². The van der Waals surface area contributed by atoms with Crippen LogP contribution in [0.3, 0.4) is 0 Å². The summed E-state index contributed by atoms with van der Waals surface area (Å²) in [6.45, 7) is 11.1. The van der Waals surface area contributed by atoms with E-state index in [-0.39, 0.29) is 30.1 Å². The van der Waals surface area contributed by atoms with E-state index < -0.39 is 0 Å². The van der Waals surface area contributed by atoms with Crippen molar-refractivity contribution in [2.45, 2.75) is 32.8 Å². The molecule has 2 fully saturated rings. The fourth-order valence-corrected chi connectivity index (χ4v) is 3.86. The Hall–Kier alpha value is -0.860. The summed E-state index contributed by atoms with van der Waals surface area (Å²) < 4.78 is 6.08. The van der Waals surface area contributed by atoms with Crippen LogP contribution >= 0.6 is 24.0 Å². The first-order valence-electron chi connectivity index (χ1n) is 10.1. The average molecular weight is 486 g/mol. The van der Waals surface area contributed by atoms with Gasteiger partial charge in [0.1, 0.15) is 6.10 Å². The van der Waals surface area contributed by atoms with Crippen LogP contribution in [0.5, 0.6) is 0 Å². The number of hydrogen-bond donors (Lipinski definition) is 1. The summed E-state index contributed by atoms with van der Waals surface area (Å²) in [7, 11) is 2.21. The van der Waals surface area contributed by atoms with Gasteiger partial charge in [0.05, 0.1) is 13.2 Å². The largest absolute Gasteiger partial charge is 0.370 e. The van der Waals surface area contributed by atoms with Gasteiger partial charge in [0.15, 0.2) is 5.96 Å². The third-order valence-electron chi connectivity index (χ3n) is 5.57. The molecule has 2 saturated heterocycles. The number of piperidine rings is 1. The van der Waals surface area contributed by atoms with Crippen LogP contribution in [0.1, 0.15) is 37.0 Å². The lowest BCUT2D eigenvalue weighted by Crippen LogP contribution is -2.48. The van der Waals surface area contributed by atoms with Gasteiger partial charge in [-0.25, -0.2) is 0 Å². The number of ether oxygens (including phenoxy) is 1. The summed E-state index contributed by atoms with van der Waals surface area (Å²) in [5, 5.41) is 3.50. The molecule has 1 aromatic carbocycles. The van der Waals surface area contributed by atoms with Crippen LogP contribution in [-0.4, -0.2) is 68.7 Å². The van der Waals surface area contributed by atoms with E-state index in [9.17, 15) is 0 Å². The Balaban J connectivity index is 0.00000261. The minimum Gasteiger partial charge on any atom is -0.370 e. The zero-order valence-corrected chi connectivity index (χ0v) is 19.3. The van der Waals surface area contributed by atoms with E-state index in [1.54, 1.807) is 0 Å². The van der Waals surface area contributed by atoms with Gasteiger partial charge in [0.2, 0.25) is 0 Å². The lowest BCUT2D eigenvalue weighted by atomic mass is 9.97. The van der Waals surface area contributed by atoms with Crippen LogP contribution in [0, 0.1) is 12.8 Å². The molecule has 0 aliphatic carbocycles.